The van der Waals surface area contributed by atoms with E-state index in [2.05, 4.69) is 9.97 Å². The van der Waals surface area contributed by atoms with E-state index >= 15 is 0 Å². The van der Waals surface area contributed by atoms with Crippen LogP contribution in [0.2, 0.25) is 0 Å². The van der Waals surface area contributed by atoms with Gasteiger partial charge in [-0.05, 0) is 48.0 Å². The van der Waals surface area contributed by atoms with Crippen molar-refractivity contribution in [2.75, 3.05) is 18.8 Å². The van der Waals surface area contributed by atoms with Crippen LogP contribution in [0.25, 0.3) is 16.3 Å². The van der Waals surface area contributed by atoms with Crippen molar-refractivity contribution < 1.29 is 19.0 Å². The van der Waals surface area contributed by atoms with Crippen molar-refractivity contribution in [3.05, 3.63) is 78.1 Å². The van der Waals surface area contributed by atoms with Gasteiger partial charge in [-0.25, -0.2) is 4.98 Å². The van der Waals surface area contributed by atoms with Crippen LogP contribution in [0.5, 0.6) is 17.2 Å². The molecular weight excluding hydrogens is 426 g/mol. The van der Waals surface area contributed by atoms with Crippen LogP contribution in [0.3, 0.4) is 0 Å². The summed E-state index contributed by atoms with van der Waals surface area (Å²) in [6, 6.07) is 16.9. The molecule has 160 valence electrons. The van der Waals surface area contributed by atoms with Crippen molar-refractivity contribution >= 4 is 38.7 Å². The molecule has 2 aromatic carbocycles. The molecule has 5 rings (SSSR count). The number of amides is 1. The zero-order valence-corrected chi connectivity index (χ0v) is 18.0. The van der Waals surface area contributed by atoms with Gasteiger partial charge >= 0.3 is 0 Å². The third-order valence-corrected chi connectivity index (χ3v) is 6.00. The summed E-state index contributed by atoms with van der Waals surface area (Å²) in [5.41, 5.74) is 2.39. The van der Waals surface area contributed by atoms with E-state index in [1.165, 1.54) is 17.4 Å². The van der Waals surface area contributed by atoms with Crippen LogP contribution < -0.4 is 19.1 Å². The van der Waals surface area contributed by atoms with Crippen LogP contribution in [0.15, 0.2) is 66.9 Å². The van der Waals surface area contributed by atoms with Crippen molar-refractivity contribution in [1.82, 2.24) is 9.97 Å². The van der Waals surface area contributed by atoms with Gasteiger partial charge in [-0.15, -0.1) is 0 Å². The fourth-order valence-electron chi connectivity index (χ4n) is 3.31. The largest absolute Gasteiger partial charge is 0.497 e. The Morgan fingerprint density at radius 1 is 1.16 bits per heavy atom. The van der Waals surface area contributed by atoms with Gasteiger partial charge in [0, 0.05) is 18.3 Å². The van der Waals surface area contributed by atoms with Gasteiger partial charge < -0.3 is 14.2 Å². The molecule has 0 fully saturated rings. The summed E-state index contributed by atoms with van der Waals surface area (Å²) in [5, 5.41) is 0.597. The number of hydrogen-bond donors (Lipinski definition) is 0. The molecule has 0 bridgehead atoms. The molecule has 0 saturated carbocycles. The molecule has 1 aliphatic heterocycles. The predicted molar refractivity (Wildman–Crippen MR) is 123 cm³/mol. The van der Waals surface area contributed by atoms with Crippen LogP contribution in [-0.4, -0.2) is 29.8 Å². The Balaban J connectivity index is 1.46. The molecule has 4 aromatic rings. The number of thiazole rings is 1. The first kappa shape index (κ1) is 20.0. The molecule has 0 spiro atoms. The zero-order chi connectivity index (χ0) is 21.9. The number of aromatic nitrogens is 2. The van der Waals surface area contributed by atoms with Gasteiger partial charge in [0.2, 0.25) is 6.79 Å². The number of benzene rings is 2. The molecule has 7 nitrogen and oxygen atoms in total. The zero-order valence-electron chi connectivity index (χ0n) is 17.2. The molecule has 0 atom stereocenters. The predicted octanol–water partition coefficient (Wildman–Crippen LogP) is 4.68. The first-order chi connectivity index (χ1) is 15.7. The molecule has 0 aliphatic carbocycles. The van der Waals surface area contributed by atoms with Gasteiger partial charge in [-0.3, -0.25) is 14.7 Å². The summed E-state index contributed by atoms with van der Waals surface area (Å²) in [6.07, 6.45) is 5.00. The standard InChI is InChI=1S/C24H19N3O4S/c1-29-18-7-9-22-19(13-18)26-24(32-22)27(14-17-4-2-3-11-25-17)23(28)10-6-16-5-8-20-21(12-16)31-15-30-20/h2-13H,14-15H2,1H3/b10-6+. The van der Waals surface area contributed by atoms with Gasteiger partial charge in [-0.1, -0.05) is 23.5 Å². The van der Waals surface area contributed by atoms with Crippen LogP contribution in [0.1, 0.15) is 11.3 Å². The Hall–Kier alpha value is -3.91. The van der Waals surface area contributed by atoms with E-state index in [9.17, 15) is 4.79 Å². The van der Waals surface area contributed by atoms with Crippen molar-refractivity contribution in [2.24, 2.45) is 0 Å². The summed E-state index contributed by atoms with van der Waals surface area (Å²) in [5.74, 6) is 1.90. The monoisotopic (exact) mass is 445 g/mol. The average molecular weight is 446 g/mol. The van der Waals surface area contributed by atoms with Crippen molar-refractivity contribution in [3.63, 3.8) is 0 Å². The lowest BCUT2D eigenvalue weighted by Gasteiger charge is -2.17. The maximum absolute atomic E-state index is 13.3. The number of fused-ring (bicyclic) bond motifs is 2. The molecule has 1 amide bonds. The smallest absolute Gasteiger partial charge is 0.253 e. The highest BCUT2D eigenvalue weighted by atomic mass is 32.1. The van der Waals surface area contributed by atoms with Gasteiger partial charge in [0.05, 0.1) is 29.6 Å². The molecular formula is C24H19N3O4S. The second-order valence-electron chi connectivity index (χ2n) is 7.02. The Bertz CT molecular complexity index is 1300. The number of ether oxygens (including phenoxy) is 3. The number of rotatable bonds is 6. The number of carbonyl (C=O) groups excluding carboxylic acids is 1. The van der Waals surface area contributed by atoms with Gasteiger partial charge in [0.15, 0.2) is 16.6 Å². The van der Waals surface area contributed by atoms with Crippen LogP contribution in [0.4, 0.5) is 5.13 Å². The highest BCUT2D eigenvalue weighted by molar-refractivity contribution is 7.22. The quantitative estimate of drug-likeness (QED) is 0.402. The minimum atomic E-state index is -0.195. The third kappa shape index (κ3) is 4.13. The Kier molecular flexibility index (Phi) is 5.43. The van der Waals surface area contributed by atoms with E-state index in [0.717, 1.165) is 27.2 Å². The molecule has 0 radical (unpaired) electrons. The lowest BCUT2D eigenvalue weighted by molar-refractivity contribution is -0.114. The van der Waals surface area contributed by atoms with E-state index in [1.54, 1.807) is 24.3 Å². The molecule has 1 aliphatic rings. The second-order valence-corrected chi connectivity index (χ2v) is 8.03. The maximum atomic E-state index is 13.3. The maximum Gasteiger partial charge on any atom is 0.253 e. The van der Waals surface area contributed by atoms with E-state index in [4.69, 9.17) is 14.2 Å². The minimum Gasteiger partial charge on any atom is -0.497 e. The molecule has 0 N–H and O–H groups in total. The summed E-state index contributed by atoms with van der Waals surface area (Å²) < 4.78 is 17.0. The molecule has 3 heterocycles. The highest BCUT2D eigenvalue weighted by Crippen LogP contribution is 2.34. The van der Waals surface area contributed by atoms with E-state index in [1.807, 2.05) is 54.6 Å². The first-order valence-corrected chi connectivity index (χ1v) is 10.7. The number of anilines is 1. The molecule has 2 aromatic heterocycles. The SMILES string of the molecule is COc1ccc2sc(N(Cc3ccccn3)C(=O)/C=C/c3ccc4c(c3)OCO4)nc2c1. The minimum absolute atomic E-state index is 0.195. The normalized spacial score (nSPS) is 12.4. The third-order valence-electron chi connectivity index (χ3n) is 4.94. The van der Waals surface area contributed by atoms with Crippen LogP contribution in [-0.2, 0) is 11.3 Å². The Labute approximate surface area is 188 Å². The van der Waals surface area contributed by atoms with E-state index < -0.39 is 0 Å². The van der Waals surface area contributed by atoms with Crippen molar-refractivity contribution in [3.8, 4) is 17.2 Å². The molecule has 0 unspecified atom stereocenters. The number of carbonyl (C=O) groups is 1. The summed E-state index contributed by atoms with van der Waals surface area (Å²) >= 11 is 1.45. The van der Waals surface area contributed by atoms with Crippen molar-refractivity contribution in [1.29, 1.82) is 0 Å². The lowest BCUT2D eigenvalue weighted by Crippen LogP contribution is -2.29. The lowest BCUT2D eigenvalue weighted by atomic mass is 10.2. The van der Waals surface area contributed by atoms with E-state index in [-0.39, 0.29) is 12.7 Å². The average Bonchev–Trinajstić information content (AvgIpc) is 3.47. The first-order valence-electron chi connectivity index (χ1n) is 9.93. The summed E-state index contributed by atoms with van der Waals surface area (Å²) in [6.45, 7) is 0.518. The number of pyridine rings is 1. The van der Waals surface area contributed by atoms with Crippen LogP contribution in [0, 0.1) is 0 Å². The molecule has 8 heteroatoms. The number of methoxy groups -OCH3 is 1. The second kappa shape index (κ2) is 8.68. The Morgan fingerprint density at radius 3 is 2.91 bits per heavy atom. The van der Waals surface area contributed by atoms with Gasteiger partial charge in [0.25, 0.3) is 5.91 Å². The van der Waals surface area contributed by atoms with Gasteiger partial charge in [0.1, 0.15) is 5.75 Å². The number of hydrogen-bond acceptors (Lipinski definition) is 7. The van der Waals surface area contributed by atoms with E-state index in [0.29, 0.717) is 23.2 Å². The molecule has 32 heavy (non-hydrogen) atoms. The fourth-order valence-corrected chi connectivity index (χ4v) is 4.26. The topological polar surface area (TPSA) is 73.8 Å². The van der Waals surface area contributed by atoms with Crippen molar-refractivity contribution in [2.45, 2.75) is 6.54 Å². The summed E-state index contributed by atoms with van der Waals surface area (Å²) in [4.78, 5) is 23.9. The molecule has 0 saturated heterocycles. The summed E-state index contributed by atoms with van der Waals surface area (Å²) in [7, 11) is 1.62. The van der Waals surface area contributed by atoms with Gasteiger partial charge in [-0.2, -0.15) is 0 Å². The fraction of sp³-hybridized carbons (Fsp3) is 0.125. The Morgan fingerprint density at radius 2 is 2.06 bits per heavy atom. The van der Waals surface area contributed by atoms with Crippen LogP contribution >= 0.6 is 11.3 Å². The number of nitrogens with zero attached hydrogens (tertiary/aromatic N) is 3. The highest BCUT2D eigenvalue weighted by Gasteiger charge is 2.19.